The van der Waals surface area contributed by atoms with Crippen molar-refractivity contribution in [2.24, 2.45) is 0 Å². The third kappa shape index (κ3) is 1.34. The van der Waals surface area contributed by atoms with Crippen LogP contribution < -0.4 is 0 Å². The zero-order valence-corrected chi connectivity index (χ0v) is 11.7. The second-order valence-corrected chi connectivity index (χ2v) is 7.21. The molecule has 0 N–H and O–H groups in total. The summed E-state index contributed by atoms with van der Waals surface area (Å²) in [5.41, 5.74) is -2.55. The molecule has 0 aromatic carbocycles. The van der Waals surface area contributed by atoms with Crippen LogP contribution in [-0.2, 0) is 0 Å². The maximum absolute atomic E-state index is 14.1. The summed E-state index contributed by atoms with van der Waals surface area (Å²) in [6.45, 7) is 0. The molecular weight excluding hydrogens is 334 g/mol. The topological polar surface area (TPSA) is 0 Å². The van der Waals surface area contributed by atoms with Crippen LogP contribution in [0.1, 0.15) is 0 Å². The molecule has 2 aliphatic heterocycles. The van der Waals surface area contributed by atoms with Crippen molar-refractivity contribution in [2.45, 2.75) is 28.3 Å². The molecular formula is C13H6F6S2. The maximum atomic E-state index is 14.1. The van der Waals surface area contributed by atoms with Crippen LogP contribution in [0, 0.1) is 0 Å². The van der Waals surface area contributed by atoms with Gasteiger partial charge in [0.25, 0.3) is 0 Å². The largest absolute Gasteiger partial charge is 0.380 e. The predicted molar refractivity (Wildman–Crippen MR) is 69.9 cm³/mol. The molecule has 2 unspecified atom stereocenters. The number of alkyl halides is 6. The second kappa shape index (κ2) is 3.76. The molecule has 1 saturated carbocycles. The Balaban J connectivity index is 2.11. The summed E-state index contributed by atoms with van der Waals surface area (Å²) in [6, 6.07) is 0. The molecule has 0 aromatic heterocycles. The fourth-order valence-corrected chi connectivity index (χ4v) is 5.57. The van der Waals surface area contributed by atoms with Crippen LogP contribution in [0.15, 0.2) is 45.3 Å². The summed E-state index contributed by atoms with van der Waals surface area (Å²) >= 11 is 2.39. The highest BCUT2D eigenvalue weighted by atomic mass is 32.2. The van der Waals surface area contributed by atoms with E-state index >= 15 is 0 Å². The van der Waals surface area contributed by atoms with Crippen molar-refractivity contribution in [3.8, 4) is 0 Å². The van der Waals surface area contributed by atoms with Gasteiger partial charge in [0.2, 0.25) is 0 Å². The first-order chi connectivity index (χ1) is 9.71. The first-order valence-corrected chi connectivity index (χ1v) is 7.87. The number of hydrogen-bond donors (Lipinski definition) is 0. The molecule has 0 nitrogen and oxygen atoms in total. The van der Waals surface area contributed by atoms with Crippen LogP contribution in [0.4, 0.5) is 26.3 Å². The van der Waals surface area contributed by atoms with Gasteiger partial charge in [-0.25, -0.2) is 0 Å². The fourth-order valence-electron chi connectivity index (χ4n) is 3.13. The zero-order chi connectivity index (χ0) is 15.2. The lowest BCUT2D eigenvalue weighted by molar-refractivity contribution is -0.258. The fraction of sp³-hybridized carbons (Fsp3) is 0.385. The number of allylic oxidation sites excluding steroid dienone is 4. The summed E-state index contributed by atoms with van der Waals surface area (Å²) < 4.78 is 83.6. The Kier molecular flexibility index (Phi) is 2.49. The van der Waals surface area contributed by atoms with Gasteiger partial charge in [-0.2, -0.15) is 26.3 Å². The number of halogens is 6. The van der Waals surface area contributed by atoms with Crippen molar-refractivity contribution < 1.29 is 26.3 Å². The monoisotopic (exact) mass is 340 g/mol. The minimum Gasteiger partial charge on any atom is -0.194 e. The second-order valence-electron chi connectivity index (χ2n) is 5.10. The lowest BCUT2D eigenvalue weighted by Gasteiger charge is -2.30. The molecule has 0 amide bonds. The average molecular weight is 340 g/mol. The van der Waals surface area contributed by atoms with Gasteiger partial charge in [0.05, 0.1) is 10.5 Å². The summed E-state index contributed by atoms with van der Waals surface area (Å²) in [5.74, 6) is -15.1. The molecule has 0 aromatic rings. The minimum absolute atomic E-state index is 0.0956. The van der Waals surface area contributed by atoms with Crippen molar-refractivity contribution in [2.75, 3.05) is 0 Å². The Hall–Kier alpha value is -0.760. The quantitative estimate of drug-likeness (QED) is 0.583. The molecule has 112 valence electrons. The molecule has 4 rings (SSSR count). The van der Waals surface area contributed by atoms with E-state index in [0.717, 1.165) is 0 Å². The summed E-state index contributed by atoms with van der Waals surface area (Å²) in [6.07, 6.45) is 2.51. The molecule has 0 saturated heterocycles. The predicted octanol–water partition coefficient (Wildman–Crippen LogP) is 4.77. The Morgan fingerprint density at radius 1 is 0.714 bits per heavy atom. The maximum Gasteiger partial charge on any atom is 0.380 e. The summed E-state index contributed by atoms with van der Waals surface area (Å²) in [7, 11) is 0. The van der Waals surface area contributed by atoms with E-state index in [2.05, 4.69) is 0 Å². The van der Waals surface area contributed by atoms with Crippen LogP contribution in [0.3, 0.4) is 0 Å². The van der Waals surface area contributed by atoms with E-state index in [4.69, 9.17) is 0 Å². The number of thioether (sulfide) groups is 2. The Bertz CT molecular complexity index is 614. The molecule has 8 heteroatoms. The van der Waals surface area contributed by atoms with E-state index in [0.29, 0.717) is 0 Å². The normalized spacial score (nSPS) is 37.0. The van der Waals surface area contributed by atoms with Crippen molar-refractivity contribution in [1.82, 2.24) is 0 Å². The number of hydrogen-bond acceptors (Lipinski definition) is 2. The third-order valence-electron chi connectivity index (χ3n) is 4.08. The van der Waals surface area contributed by atoms with Crippen LogP contribution >= 0.6 is 23.5 Å². The molecule has 21 heavy (non-hydrogen) atoms. The Labute approximate surface area is 124 Å². The van der Waals surface area contributed by atoms with Crippen LogP contribution in [0.5, 0.6) is 0 Å². The molecule has 2 atom stereocenters. The molecule has 0 radical (unpaired) electrons. The first kappa shape index (κ1) is 13.9. The highest BCUT2D eigenvalue weighted by Crippen LogP contribution is 2.67. The Morgan fingerprint density at radius 2 is 1.10 bits per heavy atom. The van der Waals surface area contributed by atoms with E-state index in [1.165, 1.54) is 46.5 Å². The van der Waals surface area contributed by atoms with E-state index in [9.17, 15) is 26.3 Å². The number of fused-ring (bicyclic) bond motifs is 4. The van der Waals surface area contributed by atoms with Crippen molar-refractivity contribution in [3.05, 3.63) is 45.3 Å². The highest BCUT2D eigenvalue weighted by molar-refractivity contribution is 8.07. The van der Waals surface area contributed by atoms with Gasteiger partial charge >= 0.3 is 17.8 Å². The zero-order valence-electron chi connectivity index (χ0n) is 10.0. The van der Waals surface area contributed by atoms with Gasteiger partial charge in [-0.15, -0.1) is 23.5 Å². The van der Waals surface area contributed by atoms with Crippen LogP contribution in [0.2, 0.25) is 0 Å². The molecule has 1 fully saturated rings. The van der Waals surface area contributed by atoms with Crippen LogP contribution in [-0.4, -0.2) is 28.3 Å². The van der Waals surface area contributed by atoms with Crippen LogP contribution in [0.25, 0.3) is 0 Å². The number of rotatable bonds is 0. The molecule has 0 bridgehead atoms. The summed E-state index contributed by atoms with van der Waals surface area (Å²) in [4.78, 5) is 0. The molecule has 2 heterocycles. The summed E-state index contributed by atoms with van der Waals surface area (Å²) in [5, 5.41) is 1.96. The van der Waals surface area contributed by atoms with E-state index < -0.39 is 39.4 Å². The van der Waals surface area contributed by atoms with Gasteiger partial charge in [-0.3, -0.25) is 0 Å². The van der Waals surface area contributed by atoms with Gasteiger partial charge in [0, 0.05) is 11.1 Å². The molecule has 0 spiro atoms. The van der Waals surface area contributed by atoms with E-state index in [-0.39, 0.29) is 11.1 Å². The minimum atomic E-state index is -5.41. The lowest BCUT2D eigenvalue weighted by atomic mass is 9.85. The highest BCUT2D eigenvalue weighted by Gasteiger charge is 2.82. The van der Waals surface area contributed by atoms with Gasteiger partial charge in [-0.1, -0.05) is 12.2 Å². The third-order valence-corrected chi connectivity index (χ3v) is 6.47. The molecule has 2 aliphatic carbocycles. The Morgan fingerprint density at radius 3 is 1.48 bits per heavy atom. The smallest absolute Gasteiger partial charge is 0.194 e. The van der Waals surface area contributed by atoms with E-state index in [1.807, 2.05) is 0 Å². The van der Waals surface area contributed by atoms with Crippen molar-refractivity contribution in [3.63, 3.8) is 0 Å². The first-order valence-electron chi connectivity index (χ1n) is 5.98. The van der Waals surface area contributed by atoms with Gasteiger partial charge < -0.3 is 0 Å². The SMILES string of the molecule is FC1(F)C2=C3C=CSC3C3SC=CC3=C2C(F)(F)C1(F)F. The lowest BCUT2D eigenvalue weighted by Crippen LogP contribution is -2.47. The van der Waals surface area contributed by atoms with Crippen molar-refractivity contribution >= 4 is 23.5 Å². The van der Waals surface area contributed by atoms with Crippen molar-refractivity contribution in [1.29, 1.82) is 0 Å². The van der Waals surface area contributed by atoms with E-state index in [1.54, 1.807) is 0 Å². The van der Waals surface area contributed by atoms with Gasteiger partial charge in [-0.05, 0) is 22.0 Å². The van der Waals surface area contributed by atoms with Gasteiger partial charge in [0.15, 0.2) is 0 Å². The molecule has 4 aliphatic rings. The van der Waals surface area contributed by atoms with Gasteiger partial charge in [0.1, 0.15) is 0 Å². The average Bonchev–Trinajstić information content (AvgIpc) is 3.05. The standard InChI is InChI=1S/C13H6F6S2/c14-11(15)7-5-1-3-20-9(5)10-6(2-4-21-10)8(7)12(16,17)13(11,18)19/h1-4,9-10H.